The predicted molar refractivity (Wildman–Crippen MR) is 94.7 cm³/mol. The second-order valence-electron chi connectivity index (χ2n) is 5.38. The molecule has 126 valence electrons. The fraction of sp³-hybridized carbons (Fsp3) is 0.263. The molecule has 1 amide bonds. The molecule has 0 saturated heterocycles. The number of methoxy groups -OCH3 is 1. The Morgan fingerprint density at radius 2 is 1.83 bits per heavy atom. The zero-order chi connectivity index (χ0) is 17.4. The van der Waals surface area contributed by atoms with Gasteiger partial charge < -0.3 is 10.1 Å². The lowest BCUT2D eigenvalue weighted by molar-refractivity contribution is -0.121. The average Bonchev–Trinajstić information content (AvgIpc) is 2.60. The largest absolute Gasteiger partial charge is 0.497 e. The molecule has 1 N–H and O–H groups in total. The van der Waals surface area contributed by atoms with Gasteiger partial charge in [-0.15, -0.1) is 0 Å². The summed E-state index contributed by atoms with van der Waals surface area (Å²) in [6, 6.07) is 14.5. The Labute approximate surface area is 146 Å². The van der Waals surface area contributed by atoms with Gasteiger partial charge in [-0.1, -0.05) is 35.9 Å². The molecule has 0 aromatic heterocycles. The van der Waals surface area contributed by atoms with Gasteiger partial charge in [0.1, 0.15) is 5.75 Å². The van der Waals surface area contributed by atoms with Crippen molar-refractivity contribution in [2.24, 2.45) is 0 Å². The molecule has 0 heterocycles. The van der Waals surface area contributed by atoms with Gasteiger partial charge in [0.05, 0.1) is 7.11 Å². The Hall–Kier alpha value is -2.33. The van der Waals surface area contributed by atoms with Crippen molar-refractivity contribution in [2.75, 3.05) is 13.7 Å². The van der Waals surface area contributed by atoms with E-state index >= 15 is 0 Å². The van der Waals surface area contributed by atoms with E-state index in [1.165, 1.54) is 0 Å². The van der Waals surface area contributed by atoms with Gasteiger partial charge in [0.25, 0.3) is 0 Å². The lowest BCUT2D eigenvalue weighted by Gasteiger charge is -2.06. The Morgan fingerprint density at radius 3 is 2.50 bits per heavy atom. The van der Waals surface area contributed by atoms with E-state index in [-0.39, 0.29) is 24.5 Å². The van der Waals surface area contributed by atoms with Gasteiger partial charge in [-0.2, -0.15) is 0 Å². The van der Waals surface area contributed by atoms with Gasteiger partial charge >= 0.3 is 0 Å². The minimum absolute atomic E-state index is 0.0807. The van der Waals surface area contributed by atoms with E-state index in [0.29, 0.717) is 17.1 Å². The van der Waals surface area contributed by atoms with Crippen LogP contribution in [-0.4, -0.2) is 25.3 Å². The summed E-state index contributed by atoms with van der Waals surface area (Å²) in [5.41, 5.74) is 1.65. The molecule has 24 heavy (non-hydrogen) atoms. The van der Waals surface area contributed by atoms with Crippen LogP contribution >= 0.6 is 11.6 Å². The Bertz CT molecular complexity index is 698. The first-order valence-electron chi connectivity index (χ1n) is 7.77. The third-order valence-corrected chi connectivity index (χ3v) is 3.86. The third-order valence-electron chi connectivity index (χ3n) is 3.62. The van der Waals surface area contributed by atoms with Gasteiger partial charge in [0.15, 0.2) is 5.78 Å². The number of benzene rings is 2. The van der Waals surface area contributed by atoms with E-state index in [9.17, 15) is 9.59 Å². The van der Waals surface area contributed by atoms with Crippen LogP contribution in [0.25, 0.3) is 0 Å². The van der Waals surface area contributed by atoms with Gasteiger partial charge in [-0.3, -0.25) is 9.59 Å². The highest BCUT2D eigenvalue weighted by atomic mass is 35.5. The fourth-order valence-electron chi connectivity index (χ4n) is 2.26. The highest BCUT2D eigenvalue weighted by Crippen LogP contribution is 2.13. The molecule has 0 unspecified atom stereocenters. The maximum absolute atomic E-state index is 12.0. The molecule has 0 atom stereocenters. The summed E-state index contributed by atoms with van der Waals surface area (Å²) in [6.45, 7) is 0.538. The predicted octanol–water partition coefficient (Wildman–Crippen LogP) is 3.67. The summed E-state index contributed by atoms with van der Waals surface area (Å²) in [5, 5.41) is 3.35. The second-order valence-corrected chi connectivity index (χ2v) is 5.82. The third kappa shape index (κ3) is 5.70. The molecule has 0 bridgehead atoms. The first-order valence-corrected chi connectivity index (χ1v) is 8.14. The number of hydrogen-bond donors (Lipinski definition) is 1. The van der Waals surface area contributed by atoms with Gasteiger partial charge in [-0.05, 0) is 36.2 Å². The number of carbonyl (C=O) groups excluding carboxylic acids is 2. The molecule has 0 aliphatic carbocycles. The van der Waals surface area contributed by atoms with Crippen molar-refractivity contribution in [1.29, 1.82) is 0 Å². The molecule has 0 aliphatic rings. The van der Waals surface area contributed by atoms with Crippen molar-refractivity contribution < 1.29 is 14.3 Å². The van der Waals surface area contributed by atoms with E-state index in [1.807, 2.05) is 24.3 Å². The molecule has 0 aliphatic heterocycles. The molecule has 5 heteroatoms. The number of ether oxygens (including phenoxy) is 1. The number of ketones is 1. The normalized spacial score (nSPS) is 10.2. The van der Waals surface area contributed by atoms with Crippen molar-refractivity contribution in [2.45, 2.75) is 19.3 Å². The van der Waals surface area contributed by atoms with E-state index in [2.05, 4.69) is 5.32 Å². The molecule has 2 aromatic rings. The number of Topliss-reactive ketones (excluding diaryl/α,β-unsaturated/α-hetero) is 1. The van der Waals surface area contributed by atoms with Crippen LogP contribution in [0.1, 0.15) is 28.8 Å². The quantitative estimate of drug-likeness (QED) is 0.743. The van der Waals surface area contributed by atoms with Crippen molar-refractivity contribution in [3.8, 4) is 5.75 Å². The van der Waals surface area contributed by atoms with Crippen LogP contribution in [0.2, 0.25) is 5.02 Å². The van der Waals surface area contributed by atoms with Crippen LogP contribution in [0.5, 0.6) is 5.75 Å². The zero-order valence-corrected chi connectivity index (χ0v) is 14.3. The summed E-state index contributed by atoms with van der Waals surface area (Å²) >= 11 is 5.86. The highest BCUT2D eigenvalue weighted by Gasteiger charge is 2.09. The lowest BCUT2D eigenvalue weighted by Crippen LogP contribution is -2.26. The molecule has 2 rings (SSSR count). The van der Waals surface area contributed by atoms with Gasteiger partial charge in [0.2, 0.25) is 5.91 Å². The number of carbonyl (C=O) groups is 2. The zero-order valence-electron chi connectivity index (χ0n) is 13.5. The number of rotatable bonds is 8. The number of amides is 1. The molecule has 0 fully saturated rings. The summed E-state index contributed by atoms with van der Waals surface area (Å²) in [4.78, 5) is 23.8. The maximum Gasteiger partial charge on any atom is 0.220 e. The molecule has 4 nitrogen and oxygen atoms in total. The molecular formula is C19H20ClNO3. The molecule has 0 radical (unpaired) electrons. The standard InChI is InChI=1S/C19H20ClNO3/c1-24-17-7-5-14(6-8-17)11-12-21-19(23)10-9-18(22)15-3-2-4-16(20)13-15/h2-8,13H,9-12H2,1H3,(H,21,23). The topological polar surface area (TPSA) is 55.4 Å². The van der Waals surface area contributed by atoms with Gasteiger partial charge in [-0.25, -0.2) is 0 Å². The van der Waals surface area contributed by atoms with E-state index < -0.39 is 0 Å². The van der Waals surface area contributed by atoms with Crippen LogP contribution in [0.15, 0.2) is 48.5 Å². The van der Waals surface area contributed by atoms with Crippen LogP contribution in [0.3, 0.4) is 0 Å². The lowest BCUT2D eigenvalue weighted by atomic mass is 10.1. The summed E-state index contributed by atoms with van der Waals surface area (Å²) in [7, 11) is 1.62. The van der Waals surface area contributed by atoms with E-state index in [1.54, 1.807) is 31.4 Å². The summed E-state index contributed by atoms with van der Waals surface area (Å²) in [6.07, 6.45) is 1.08. The SMILES string of the molecule is COc1ccc(CCNC(=O)CCC(=O)c2cccc(Cl)c2)cc1. The van der Waals surface area contributed by atoms with Crippen LogP contribution in [-0.2, 0) is 11.2 Å². The number of halogens is 1. The molecular weight excluding hydrogens is 326 g/mol. The van der Waals surface area contributed by atoms with E-state index in [0.717, 1.165) is 17.7 Å². The molecule has 0 saturated carbocycles. The Morgan fingerprint density at radius 1 is 1.08 bits per heavy atom. The fourth-order valence-corrected chi connectivity index (χ4v) is 2.45. The number of hydrogen-bond acceptors (Lipinski definition) is 3. The monoisotopic (exact) mass is 345 g/mol. The first kappa shape index (κ1) is 18.0. The van der Waals surface area contributed by atoms with Crippen molar-refractivity contribution in [1.82, 2.24) is 5.32 Å². The van der Waals surface area contributed by atoms with Crippen molar-refractivity contribution in [3.63, 3.8) is 0 Å². The smallest absolute Gasteiger partial charge is 0.220 e. The molecule has 0 spiro atoms. The average molecular weight is 346 g/mol. The Balaban J connectivity index is 1.70. The molecule has 2 aromatic carbocycles. The maximum atomic E-state index is 12.0. The Kier molecular flexibility index (Phi) is 6.82. The first-order chi connectivity index (χ1) is 11.6. The second kappa shape index (κ2) is 9.08. The summed E-state index contributed by atoms with van der Waals surface area (Å²) < 4.78 is 5.10. The number of nitrogens with one attached hydrogen (secondary N) is 1. The van der Waals surface area contributed by atoms with Crippen molar-refractivity contribution >= 4 is 23.3 Å². The van der Waals surface area contributed by atoms with Crippen LogP contribution in [0.4, 0.5) is 0 Å². The highest BCUT2D eigenvalue weighted by molar-refractivity contribution is 6.31. The summed E-state index contributed by atoms with van der Waals surface area (Å²) in [5.74, 6) is 0.601. The van der Waals surface area contributed by atoms with E-state index in [4.69, 9.17) is 16.3 Å². The van der Waals surface area contributed by atoms with Crippen molar-refractivity contribution in [3.05, 3.63) is 64.7 Å². The van der Waals surface area contributed by atoms with Crippen LogP contribution < -0.4 is 10.1 Å². The van der Waals surface area contributed by atoms with Gasteiger partial charge in [0, 0.05) is 30.0 Å². The minimum atomic E-state index is -0.126. The minimum Gasteiger partial charge on any atom is -0.497 e. The van der Waals surface area contributed by atoms with Crippen LogP contribution in [0, 0.1) is 0 Å².